The highest BCUT2D eigenvalue weighted by molar-refractivity contribution is 5.37. The molecule has 0 unspecified atom stereocenters. The van der Waals surface area contributed by atoms with Gasteiger partial charge in [0.2, 0.25) is 0 Å². The fourth-order valence-corrected chi connectivity index (χ4v) is 3.86. The molecule has 1 fully saturated rings. The van der Waals surface area contributed by atoms with E-state index in [1.165, 1.54) is 18.4 Å². The third kappa shape index (κ3) is 4.34. The van der Waals surface area contributed by atoms with Gasteiger partial charge in [-0.1, -0.05) is 6.07 Å². The summed E-state index contributed by atoms with van der Waals surface area (Å²) < 4.78 is 7.47. The van der Waals surface area contributed by atoms with Gasteiger partial charge in [-0.2, -0.15) is 5.10 Å². The van der Waals surface area contributed by atoms with Crippen molar-refractivity contribution in [3.63, 3.8) is 0 Å². The molecule has 0 amide bonds. The molecule has 4 rings (SSSR count). The Morgan fingerprint density at radius 3 is 2.93 bits per heavy atom. The minimum Gasteiger partial charge on any atom is -0.496 e. The van der Waals surface area contributed by atoms with Gasteiger partial charge in [0.05, 0.1) is 13.7 Å². The van der Waals surface area contributed by atoms with Gasteiger partial charge in [-0.15, -0.1) is 0 Å². The zero-order valence-electron chi connectivity index (χ0n) is 15.7. The summed E-state index contributed by atoms with van der Waals surface area (Å²) in [5.74, 6) is 1.40. The Bertz CT molecular complexity index is 850. The maximum atomic E-state index is 5.55. The van der Waals surface area contributed by atoms with E-state index in [2.05, 4.69) is 38.2 Å². The predicted octanol–water partition coefficient (Wildman–Crippen LogP) is 3.11. The highest BCUT2D eigenvalue weighted by atomic mass is 16.5. The van der Waals surface area contributed by atoms with Crippen LogP contribution in [-0.2, 0) is 13.1 Å². The molecule has 1 aliphatic heterocycles. The second-order valence-electron chi connectivity index (χ2n) is 7.06. The quantitative estimate of drug-likeness (QED) is 0.673. The number of methoxy groups -OCH3 is 1. The van der Waals surface area contributed by atoms with E-state index in [4.69, 9.17) is 4.74 Å². The van der Waals surface area contributed by atoms with Gasteiger partial charge in [0, 0.05) is 48.9 Å². The van der Waals surface area contributed by atoms with Gasteiger partial charge in [0.1, 0.15) is 12.1 Å². The van der Waals surface area contributed by atoms with Crippen molar-refractivity contribution in [2.24, 2.45) is 0 Å². The number of nitrogens with zero attached hydrogens (tertiary/aromatic N) is 5. The number of aromatic nitrogens is 4. The van der Waals surface area contributed by atoms with Gasteiger partial charge < -0.3 is 4.74 Å². The Balaban J connectivity index is 1.47. The lowest BCUT2D eigenvalue weighted by molar-refractivity contribution is 0.198. The van der Waals surface area contributed by atoms with Gasteiger partial charge >= 0.3 is 0 Å². The summed E-state index contributed by atoms with van der Waals surface area (Å²) >= 11 is 0. The van der Waals surface area contributed by atoms with Crippen LogP contribution in [0.4, 0.5) is 0 Å². The van der Waals surface area contributed by atoms with E-state index in [9.17, 15) is 0 Å². The van der Waals surface area contributed by atoms with E-state index >= 15 is 0 Å². The van der Waals surface area contributed by atoms with Crippen molar-refractivity contribution in [1.82, 2.24) is 24.6 Å². The van der Waals surface area contributed by atoms with Crippen LogP contribution in [0, 0.1) is 0 Å². The number of likely N-dealkylation sites (tertiary alicyclic amines) is 1. The molecule has 27 heavy (non-hydrogen) atoms. The fourth-order valence-electron chi connectivity index (χ4n) is 3.86. The molecule has 0 radical (unpaired) electrons. The van der Waals surface area contributed by atoms with Gasteiger partial charge in [0.15, 0.2) is 0 Å². The molecule has 0 bridgehead atoms. The number of hydrogen-bond donors (Lipinski definition) is 0. The van der Waals surface area contributed by atoms with Crippen LogP contribution in [0.15, 0.2) is 55.2 Å². The second kappa shape index (κ2) is 8.31. The van der Waals surface area contributed by atoms with Gasteiger partial charge in [-0.05, 0) is 49.2 Å². The highest BCUT2D eigenvalue weighted by Gasteiger charge is 2.22. The van der Waals surface area contributed by atoms with Crippen LogP contribution in [0.5, 0.6) is 5.75 Å². The Kier molecular flexibility index (Phi) is 5.44. The monoisotopic (exact) mass is 363 g/mol. The largest absolute Gasteiger partial charge is 0.496 e. The molecule has 3 heterocycles. The van der Waals surface area contributed by atoms with Crippen molar-refractivity contribution in [1.29, 1.82) is 0 Å². The summed E-state index contributed by atoms with van der Waals surface area (Å²) in [7, 11) is 1.72. The van der Waals surface area contributed by atoms with E-state index in [1.54, 1.807) is 19.6 Å². The minimum atomic E-state index is 0.489. The number of ether oxygens (including phenoxy) is 1. The second-order valence-corrected chi connectivity index (χ2v) is 7.06. The molecule has 6 heteroatoms. The number of rotatable bonds is 6. The number of benzene rings is 1. The first-order valence-corrected chi connectivity index (χ1v) is 9.43. The van der Waals surface area contributed by atoms with E-state index in [0.29, 0.717) is 12.5 Å². The van der Waals surface area contributed by atoms with Crippen LogP contribution >= 0.6 is 0 Å². The van der Waals surface area contributed by atoms with Gasteiger partial charge in [-0.25, -0.2) is 9.97 Å². The first kappa shape index (κ1) is 17.7. The third-order valence-electron chi connectivity index (χ3n) is 5.17. The van der Waals surface area contributed by atoms with Crippen molar-refractivity contribution < 1.29 is 4.74 Å². The average molecular weight is 363 g/mol. The molecule has 0 N–H and O–H groups in total. The molecule has 3 aromatic rings. The van der Waals surface area contributed by atoms with Crippen LogP contribution in [-0.4, -0.2) is 44.8 Å². The van der Waals surface area contributed by atoms with E-state index in [0.717, 1.165) is 36.6 Å². The van der Waals surface area contributed by atoms with Crippen LogP contribution in [0.2, 0.25) is 0 Å². The lowest BCUT2D eigenvalue weighted by Crippen LogP contribution is -2.34. The van der Waals surface area contributed by atoms with Crippen LogP contribution in [0.25, 0.3) is 0 Å². The minimum absolute atomic E-state index is 0.489. The molecule has 2 aromatic heterocycles. The van der Waals surface area contributed by atoms with E-state index in [1.807, 2.05) is 29.2 Å². The standard InChI is InChI=1S/C21H25N5O/c1-27-21-6-5-17(12-19(21)15-26-11-3-8-24-26)13-25-10-2-4-18(14-25)20-7-9-22-16-23-20/h3,5-9,11-12,16,18H,2,4,10,13-15H2,1H3/t18-/m0/s1. The molecule has 140 valence electrons. The summed E-state index contributed by atoms with van der Waals surface area (Å²) in [5, 5.41) is 4.31. The molecular weight excluding hydrogens is 338 g/mol. The van der Waals surface area contributed by atoms with Crippen molar-refractivity contribution in [2.75, 3.05) is 20.2 Å². The summed E-state index contributed by atoms with van der Waals surface area (Å²) in [6.07, 6.45) is 9.66. The molecule has 1 aliphatic rings. The SMILES string of the molecule is COc1ccc(CN2CCC[C@H](c3ccncn3)C2)cc1Cn1cccn1. The summed E-state index contributed by atoms with van der Waals surface area (Å²) in [6.45, 7) is 3.82. The van der Waals surface area contributed by atoms with Crippen molar-refractivity contribution in [3.05, 3.63) is 72.1 Å². The van der Waals surface area contributed by atoms with Crippen molar-refractivity contribution >= 4 is 0 Å². The fraction of sp³-hybridized carbons (Fsp3) is 0.381. The van der Waals surface area contributed by atoms with Crippen LogP contribution < -0.4 is 4.74 Å². The van der Waals surface area contributed by atoms with Crippen molar-refractivity contribution in [2.45, 2.75) is 31.8 Å². The number of piperidine rings is 1. The average Bonchev–Trinajstić information content (AvgIpc) is 3.22. The molecule has 1 saturated heterocycles. The van der Waals surface area contributed by atoms with Gasteiger partial charge in [-0.3, -0.25) is 9.58 Å². The molecule has 0 saturated carbocycles. The molecule has 0 spiro atoms. The lowest BCUT2D eigenvalue weighted by atomic mass is 9.94. The molecule has 0 aliphatic carbocycles. The van der Waals surface area contributed by atoms with Crippen LogP contribution in [0.3, 0.4) is 0 Å². The van der Waals surface area contributed by atoms with E-state index in [-0.39, 0.29) is 0 Å². The normalized spacial score (nSPS) is 17.7. The smallest absolute Gasteiger partial charge is 0.123 e. The Hall–Kier alpha value is -2.73. The van der Waals surface area contributed by atoms with E-state index < -0.39 is 0 Å². The van der Waals surface area contributed by atoms with Crippen LogP contribution in [0.1, 0.15) is 35.6 Å². The summed E-state index contributed by atoms with van der Waals surface area (Å²) in [6, 6.07) is 10.5. The lowest BCUT2D eigenvalue weighted by Gasteiger charge is -2.32. The molecule has 1 aromatic carbocycles. The molecule has 1 atom stereocenters. The maximum Gasteiger partial charge on any atom is 0.123 e. The zero-order valence-corrected chi connectivity index (χ0v) is 15.7. The molecular formula is C21H25N5O. The summed E-state index contributed by atoms with van der Waals surface area (Å²) in [4.78, 5) is 11.0. The molecule has 6 nitrogen and oxygen atoms in total. The van der Waals surface area contributed by atoms with Gasteiger partial charge in [0.25, 0.3) is 0 Å². The first-order chi connectivity index (χ1) is 13.3. The third-order valence-corrected chi connectivity index (χ3v) is 5.17. The Morgan fingerprint density at radius 1 is 1.19 bits per heavy atom. The summed E-state index contributed by atoms with van der Waals surface area (Å²) in [5.41, 5.74) is 3.62. The maximum absolute atomic E-state index is 5.55. The first-order valence-electron chi connectivity index (χ1n) is 9.43. The highest BCUT2D eigenvalue weighted by Crippen LogP contribution is 2.27. The topological polar surface area (TPSA) is 56.1 Å². The van der Waals surface area contributed by atoms with Crippen molar-refractivity contribution in [3.8, 4) is 5.75 Å². The zero-order chi connectivity index (χ0) is 18.5. The predicted molar refractivity (Wildman–Crippen MR) is 104 cm³/mol. The number of hydrogen-bond acceptors (Lipinski definition) is 5. The Morgan fingerprint density at radius 2 is 2.15 bits per heavy atom. The Labute approximate surface area is 159 Å².